The molecule has 1 fully saturated rings. The molecule has 3 amide bonds. The summed E-state index contributed by atoms with van der Waals surface area (Å²) in [6.45, 7) is -0.464. The van der Waals surface area contributed by atoms with Crippen molar-refractivity contribution < 1.29 is 19.1 Å². The maximum absolute atomic E-state index is 13.4. The smallest absolute Gasteiger partial charge is 0.328 e. The summed E-state index contributed by atoms with van der Waals surface area (Å²) < 4.78 is 4.67. The van der Waals surface area contributed by atoms with Gasteiger partial charge in [-0.2, -0.15) is 0 Å². The van der Waals surface area contributed by atoms with Crippen LogP contribution in [0.5, 0.6) is 0 Å². The standard InChI is InChI=1S/C23H20ClN5O4/c1-26-20-19(21(31)28(23(26)32)13-18(30)33-2)27-12-17(14-8-4-3-5-9-14)29(22(27)25-20)16-11-7-6-10-15(16)24/h3-12,19-20H,13H2,1-2H3. The number of benzene rings is 2. The van der Waals surface area contributed by atoms with Gasteiger partial charge in [-0.05, 0) is 12.1 Å². The summed E-state index contributed by atoms with van der Waals surface area (Å²) in [5, 5.41) is 0.516. The molecule has 0 spiro atoms. The van der Waals surface area contributed by atoms with Crippen LogP contribution in [0, 0.1) is 0 Å². The highest BCUT2D eigenvalue weighted by Gasteiger charge is 2.55. The molecule has 0 saturated carbocycles. The molecule has 33 heavy (non-hydrogen) atoms. The number of imide groups is 1. The molecule has 3 aliphatic heterocycles. The molecule has 3 heterocycles. The van der Waals surface area contributed by atoms with Crippen molar-refractivity contribution in [2.45, 2.75) is 12.2 Å². The summed E-state index contributed by atoms with van der Waals surface area (Å²) in [4.78, 5) is 48.7. The number of anilines is 1. The zero-order valence-corrected chi connectivity index (χ0v) is 18.6. The Morgan fingerprint density at radius 2 is 1.79 bits per heavy atom. The number of esters is 1. The van der Waals surface area contributed by atoms with Gasteiger partial charge in [0.15, 0.2) is 12.2 Å². The highest BCUT2D eigenvalue weighted by atomic mass is 35.5. The number of nitrogens with zero attached hydrogens (tertiary/aromatic N) is 5. The van der Waals surface area contributed by atoms with Crippen LogP contribution in [0.3, 0.4) is 0 Å². The number of para-hydroxylation sites is 1. The summed E-state index contributed by atoms with van der Waals surface area (Å²) >= 11 is 6.54. The van der Waals surface area contributed by atoms with Crippen LogP contribution in [0.2, 0.25) is 5.02 Å². The molecule has 3 aliphatic rings. The van der Waals surface area contributed by atoms with E-state index in [4.69, 9.17) is 16.6 Å². The lowest BCUT2D eigenvalue weighted by Gasteiger charge is -2.39. The first kappa shape index (κ1) is 21.0. The molecule has 2 atom stereocenters. The van der Waals surface area contributed by atoms with Crippen LogP contribution in [0.25, 0.3) is 5.70 Å². The van der Waals surface area contributed by atoms with E-state index in [2.05, 4.69) is 4.74 Å². The number of carbonyl (C=O) groups excluding carboxylic acids is 3. The molecule has 5 rings (SSSR count). The fraction of sp³-hybridized carbons (Fsp3) is 0.217. The van der Waals surface area contributed by atoms with Gasteiger partial charge in [0.05, 0.1) is 23.5 Å². The third-order valence-electron chi connectivity index (χ3n) is 5.89. The van der Waals surface area contributed by atoms with Crippen LogP contribution in [-0.4, -0.2) is 71.5 Å². The van der Waals surface area contributed by atoms with Crippen LogP contribution in [0.1, 0.15) is 5.56 Å². The van der Waals surface area contributed by atoms with Gasteiger partial charge in [-0.3, -0.25) is 24.3 Å². The summed E-state index contributed by atoms with van der Waals surface area (Å²) in [5.74, 6) is -0.718. The second-order valence-corrected chi connectivity index (χ2v) is 8.16. The first-order chi connectivity index (χ1) is 15.9. The van der Waals surface area contributed by atoms with Crippen molar-refractivity contribution in [3.8, 4) is 0 Å². The number of hydrogen-bond donors (Lipinski definition) is 0. The summed E-state index contributed by atoms with van der Waals surface area (Å²) in [6.07, 6.45) is 1.09. The lowest BCUT2D eigenvalue weighted by atomic mass is 10.1. The van der Waals surface area contributed by atoms with Crippen molar-refractivity contribution in [3.63, 3.8) is 0 Å². The molecule has 168 valence electrons. The third kappa shape index (κ3) is 3.23. The van der Waals surface area contributed by atoms with E-state index in [-0.39, 0.29) is 0 Å². The van der Waals surface area contributed by atoms with E-state index in [1.165, 1.54) is 12.0 Å². The predicted molar refractivity (Wildman–Crippen MR) is 122 cm³/mol. The molecule has 0 radical (unpaired) electrons. The minimum Gasteiger partial charge on any atom is -0.468 e. The maximum atomic E-state index is 13.4. The second-order valence-electron chi connectivity index (χ2n) is 7.76. The molecule has 0 bridgehead atoms. The Hall–Kier alpha value is -3.85. The Morgan fingerprint density at radius 1 is 1.09 bits per heavy atom. The molecule has 2 unspecified atom stereocenters. The minimum absolute atomic E-state index is 0.464. The van der Waals surface area contributed by atoms with Crippen LogP contribution in [-0.2, 0) is 14.3 Å². The highest BCUT2D eigenvalue weighted by Crippen LogP contribution is 2.41. The Labute approximate surface area is 195 Å². The first-order valence-electron chi connectivity index (χ1n) is 10.3. The summed E-state index contributed by atoms with van der Waals surface area (Å²) in [7, 11) is 2.77. The highest BCUT2D eigenvalue weighted by molar-refractivity contribution is 6.34. The summed E-state index contributed by atoms with van der Waals surface area (Å²) in [6, 6.07) is 15.6. The van der Waals surface area contributed by atoms with Gasteiger partial charge in [0.1, 0.15) is 6.54 Å². The SMILES string of the molecule is COC(=O)CN1C(=O)C2C(N=C3N(c4ccccc4Cl)C(c4ccccc4)=CN32)N(C)C1=O. The number of carbonyl (C=O) groups is 3. The second kappa shape index (κ2) is 7.93. The molecule has 2 aromatic carbocycles. The molecular formula is C23H20ClN5O4. The third-order valence-corrected chi connectivity index (χ3v) is 6.21. The average molecular weight is 466 g/mol. The van der Waals surface area contributed by atoms with Crippen LogP contribution < -0.4 is 4.90 Å². The molecule has 0 aromatic heterocycles. The number of fused-ring (bicyclic) bond motifs is 3. The minimum atomic E-state index is -0.821. The normalized spacial score (nSPS) is 21.7. The molecule has 0 aliphatic carbocycles. The molecule has 0 N–H and O–H groups in total. The number of urea groups is 1. The van der Waals surface area contributed by atoms with Crippen molar-refractivity contribution in [1.29, 1.82) is 0 Å². The van der Waals surface area contributed by atoms with Crippen LogP contribution in [0.15, 0.2) is 65.8 Å². The van der Waals surface area contributed by atoms with E-state index in [0.29, 0.717) is 16.7 Å². The van der Waals surface area contributed by atoms with Gasteiger partial charge >= 0.3 is 12.0 Å². The monoisotopic (exact) mass is 465 g/mol. The first-order valence-corrected chi connectivity index (χ1v) is 10.6. The Kier molecular flexibility index (Phi) is 5.05. The Bertz CT molecular complexity index is 1210. The summed E-state index contributed by atoms with van der Waals surface area (Å²) in [5.41, 5.74) is 2.39. The van der Waals surface area contributed by atoms with Crippen molar-refractivity contribution in [1.82, 2.24) is 14.7 Å². The van der Waals surface area contributed by atoms with Gasteiger partial charge in [-0.25, -0.2) is 9.79 Å². The number of ether oxygens (including phenoxy) is 1. The number of hydrogen-bond acceptors (Lipinski definition) is 7. The lowest BCUT2D eigenvalue weighted by molar-refractivity contribution is -0.148. The topological polar surface area (TPSA) is 85.8 Å². The van der Waals surface area contributed by atoms with Crippen molar-refractivity contribution in [2.75, 3.05) is 25.6 Å². The van der Waals surface area contributed by atoms with Gasteiger partial charge in [0.2, 0.25) is 5.96 Å². The average Bonchev–Trinajstić information content (AvgIpc) is 3.38. The lowest BCUT2D eigenvalue weighted by Crippen LogP contribution is -2.65. The fourth-order valence-corrected chi connectivity index (χ4v) is 4.48. The van der Waals surface area contributed by atoms with Gasteiger partial charge in [-0.15, -0.1) is 0 Å². The number of amides is 3. The van der Waals surface area contributed by atoms with Crippen LogP contribution >= 0.6 is 11.6 Å². The molecule has 10 heteroatoms. The van der Waals surface area contributed by atoms with E-state index in [9.17, 15) is 14.4 Å². The fourth-order valence-electron chi connectivity index (χ4n) is 4.26. The van der Waals surface area contributed by atoms with E-state index < -0.39 is 36.7 Å². The largest absolute Gasteiger partial charge is 0.468 e. The number of methoxy groups -OCH3 is 1. The van der Waals surface area contributed by atoms with E-state index in [1.807, 2.05) is 59.6 Å². The number of likely N-dealkylation sites (N-methyl/N-ethyl adjacent to an activating group) is 1. The Morgan fingerprint density at radius 3 is 2.48 bits per heavy atom. The van der Waals surface area contributed by atoms with Gasteiger partial charge in [0, 0.05) is 18.8 Å². The Balaban J connectivity index is 1.61. The van der Waals surface area contributed by atoms with Crippen molar-refractivity contribution >= 4 is 46.9 Å². The van der Waals surface area contributed by atoms with Crippen LogP contribution in [0.4, 0.5) is 10.5 Å². The van der Waals surface area contributed by atoms with Crippen molar-refractivity contribution in [2.24, 2.45) is 4.99 Å². The maximum Gasteiger partial charge on any atom is 0.328 e. The molecular weight excluding hydrogens is 446 g/mol. The van der Waals surface area contributed by atoms with Gasteiger partial charge < -0.3 is 9.64 Å². The zero-order chi connectivity index (χ0) is 23.3. The van der Waals surface area contributed by atoms with Crippen molar-refractivity contribution in [3.05, 3.63) is 71.4 Å². The molecule has 9 nitrogen and oxygen atoms in total. The van der Waals surface area contributed by atoms with E-state index >= 15 is 0 Å². The quantitative estimate of drug-likeness (QED) is 0.645. The van der Waals surface area contributed by atoms with Gasteiger partial charge in [-0.1, -0.05) is 54.1 Å². The van der Waals surface area contributed by atoms with Gasteiger partial charge in [0.25, 0.3) is 5.91 Å². The van der Waals surface area contributed by atoms with E-state index in [1.54, 1.807) is 18.0 Å². The molecule has 2 aromatic rings. The zero-order valence-electron chi connectivity index (χ0n) is 17.9. The number of rotatable bonds is 4. The van der Waals surface area contributed by atoms with E-state index in [0.717, 1.165) is 16.2 Å². The number of aliphatic imine (C=N–C) groups is 1. The molecule has 1 saturated heterocycles. The number of guanidine groups is 1. The number of halogens is 1. The predicted octanol–water partition coefficient (Wildman–Crippen LogP) is 2.59.